The molecule has 1 amide bonds. The number of benzene rings is 1. The number of amides is 1. The lowest BCUT2D eigenvalue weighted by Crippen LogP contribution is -3.15. The van der Waals surface area contributed by atoms with Gasteiger partial charge < -0.3 is 14.4 Å². The fraction of sp³-hybridized carbons (Fsp3) is 0.550. The van der Waals surface area contributed by atoms with Crippen molar-refractivity contribution in [3.05, 3.63) is 29.8 Å². The average molecular weight is 345 g/mol. The van der Waals surface area contributed by atoms with E-state index in [-0.39, 0.29) is 11.4 Å². The Morgan fingerprint density at radius 2 is 2.04 bits per heavy atom. The molecule has 1 fully saturated rings. The van der Waals surface area contributed by atoms with E-state index in [1.165, 1.54) is 10.5 Å². The van der Waals surface area contributed by atoms with Crippen LogP contribution < -0.4 is 14.5 Å². The molecule has 0 unspecified atom stereocenters. The molecule has 0 atom stereocenters. The van der Waals surface area contributed by atoms with Gasteiger partial charge in [-0.3, -0.25) is 9.69 Å². The van der Waals surface area contributed by atoms with Gasteiger partial charge in [-0.15, -0.1) is 0 Å². The summed E-state index contributed by atoms with van der Waals surface area (Å²) < 4.78 is 11.0. The fourth-order valence-electron chi connectivity index (χ4n) is 3.85. The quantitative estimate of drug-likeness (QED) is 0.900. The van der Waals surface area contributed by atoms with Crippen molar-refractivity contribution in [2.45, 2.75) is 33.2 Å². The Morgan fingerprint density at radius 3 is 2.72 bits per heavy atom. The molecule has 0 aromatic heterocycles. The van der Waals surface area contributed by atoms with E-state index in [4.69, 9.17) is 9.47 Å². The topological polar surface area (TPSA) is 43.2 Å². The molecule has 2 aliphatic rings. The van der Waals surface area contributed by atoms with Crippen molar-refractivity contribution in [3.63, 3.8) is 0 Å². The number of quaternary nitrogens is 1. The van der Waals surface area contributed by atoms with Crippen molar-refractivity contribution < 1.29 is 19.2 Å². The molecule has 1 aromatic carbocycles. The molecule has 5 heteroatoms. The highest BCUT2D eigenvalue weighted by molar-refractivity contribution is 6.01. The minimum Gasteiger partial charge on any atom is -0.494 e. The molecular weight excluding hydrogens is 316 g/mol. The van der Waals surface area contributed by atoms with Crippen LogP contribution in [0.4, 0.5) is 5.69 Å². The van der Waals surface area contributed by atoms with Gasteiger partial charge in [-0.1, -0.05) is 6.08 Å². The second-order valence-corrected chi connectivity index (χ2v) is 7.36. The van der Waals surface area contributed by atoms with Crippen molar-refractivity contribution in [2.75, 3.05) is 44.4 Å². The summed E-state index contributed by atoms with van der Waals surface area (Å²) in [4.78, 5) is 16.4. The van der Waals surface area contributed by atoms with Crippen LogP contribution in [0.1, 0.15) is 33.3 Å². The SMILES string of the molecule is CCOc1ccc2c(c1)C(C)=CC(C)(C)N2C(=O)C[NH+]1CCOCC1. The summed E-state index contributed by atoms with van der Waals surface area (Å²) in [6.07, 6.45) is 2.18. The molecule has 0 saturated carbocycles. The Kier molecular flexibility index (Phi) is 5.16. The summed E-state index contributed by atoms with van der Waals surface area (Å²) in [6.45, 7) is 12.7. The first-order chi connectivity index (χ1) is 11.9. The van der Waals surface area contributed by atoms with Crippen LogP contribution in [-0.2, 0) is 9.53 Å². The maximum absolute atomic E-state index is 13.2. The van der Waals surface area contributed by atoms with Crippen LogP contribution in [0.5, 0.6) is 5.75 Å². The zero-order valence-electron chi connectivity index (χ0n) is 15.7. The number of anilines is 1. The molecule has 2 heterocycles. The third-order valence-corrected chi connectivity index (χ3v) is 4.94. The first-order valence-corrected chi connectivity index (χ1v) is 9.13. The van der Waals surface area contributed by atoms with Crippen LogP contribution in [0.3, 0.4) is 0 Å². The number of hydrogen-bond acceptors (Lipinski definition) is 3. The third kappa shape index (κ3) is 3.72. The predicted octanol–water partition coefficient (Wildman–Crippen LogP) is 1.53. The van der Waals surface area contributed by atoms with Gasteiger partial charge in [-0.05, 0) is 51.5 Å². The molecule has 2 aliphatic heterocycles. The molecule has 25 heavy (non-hydrogen) atoms. The summed E-state index contributed by atoms with van der Waals surface area (Å²) >= 11 is 0. The molecule has 1 saturated heterocycles. The lowest BCUT2D eigenvalue weighted by molar-refractivity contribution is -0.900. The van der Waals surface area contributed by atoms with Gasteiger partial charge in [-0.25, -0.2) is 0 Å². The maximum atomic E-state index is 13.2. The zero-order chi connectivity index (χ0) is 18.0. The van der Waals surface area contributed by atoms with Gasteiger partial charge >= 0.3 is 0 Å². The average Bonchev–Trinajstić information content (AvgIpc) is 2.56. The van der Waals surface area contributed by atoms with E-state index < -0.39 is 0 Å². The van der Waals surface area contributed by atoms with E-state index in [2.05, 4.69) is 26.8 Å². The smallest absolute Gasteiger partial charge is 0.282 e. The minimum absolute atomic E-state index is 0.163. The Morgan fingerprint density at radius 1 is 1.32 bits per heavy atom. The summed E-state index contributed by atoms with van der Waals surface area (Å²) in [5, 5.41) is 0. The molecule has 1 aromatic rings. The number of hydrogen-bond donors (Lipinski definition) is 1. The van der Waals surface area contributed by atoms with E-state index in [0.717, 1.165) is 43.3 Å². The second-order valence-electron chi connectivity index (χ2n) is 7.36. The van der Waals surface area contributed by atoms with E-state index in [1.54, 1.807) is 0 Å². The van der Waals surface area contributed by atoms with Crippen molar-refractivity contribution >= 4 is 17.2 Å². The number of allylic oxidation sites excluding steroid dienone is 1. The highest BCUT2D eigenvalue weighted by Crippen LogP contribution is 2.40. The van der Waals surface area contributed by atoms with Gasteiger partial charge in [0.2, 0.25) is 0 Å². The molecule has 0 aliphatic carbocycles. The lowest BCUT2D eigenvalue weighted by atomic mass is 9.88. The third-order valence-electron chi connectivity index (χ3n) is 4.94. The number of carbonyl (C=O) groups is 1. The van der Waals surface area contributed by atoms with Gasteiger partial charge in [0.25, 0.3) is 5.91 Å². The van der Waals surface area contributed by atoms with Crippen LogP contribution >= 0.6 is 0 Å². The van der Waals surface area contributed by atoms with Crippen molar-refractivity contribution in [1.29, 1.82) is 0 Å². The number of nitrogens with zero attached hydrogens (tertiary/aromatic N) is 1. The molecular formula is C20H29N2O3+. The number of morpholine rings is 1. The van der Waals surface area contributed by atoms with Crippen molar-refractivity contribution in [1.82, 2.24) is 0 Å². The molecule has 5 nitrogen and oxygen atoms in total. The lowest BCUT2D eigenvalue weighted by Gasteiger charge is -2.42. The maximum Gasteiger partial charge on any atom is 0.282 e. The van der Waals surface area contributed by atoms with E-state index in [9.17, 15) is 4.79 Å². The van der Waals surface area contributed by atoms with Crippen LogP contribution in [0, 0.1) is 0 Å². The number of fused-ring (bicyclic) bond motifs is 1. The second kappa shape index (κ2) is 7.18. The van der Waals surface area contributed by atoms with Gasteiger partial charge in [0.1, 0.15) is 18.8 Å². The van der Waals surface area contributed by atoms with E-state index >= 15 is 0 Å². The Bertz CT molecular complexity index is 676. The predicted molar refractivity (Wildman–Crippen MR) is 99.2 cm³/mol. The standard InChI is InChI=1S/C20H28N2O3/c1-5-25-16-6-7-18-17(12-16)15(2)13-20(3,4)22(18)19(23)14-21-8-10-24-11-9-21/h6-7,12-13H,5,8-11,14H2,1-4H3/p+1. The largest absolute Gasteiger partial charge is 0.494 e. The van der Waals surface area contributed by atoms with Crippen molar-refractivity contribution in [2.24, 2.45) is 0 Å². The van der Waals surface area contributed by atoms with Gasteiger partial charge in [-0.2, -0.15) is 0 Å². The van der Waals surface area contributed by atoms with Gasteiger partial charge in [0, 0.05) is 5.56 Å². The van der Waals surface area contributed by atoms with Gasteiger partial charge in [0.15, 0.2) is 6.54 Å². The summed E-state index contributed by atoms with van der Waals surface area (Å²) in [7, 11) is 0. The summed E-state index contributed by atoms with van der Waals surface area (Å²) in [5.41, 5.74) is 2.90. The van der Waals surface area contributed by atoms with Crippen LogP contribution in [-0.4, -0.2) is 50.9 Å². The van der Waals surface area contributed by atoms with Crippen LogP contribution in [0.2, 0.25) is 0 Å². The Labute approximate surface area is 150 Å². The van der Waals surface area contributed by atoms with Crippen LogP contribution in [0.15, 0.2) is 24.3 Å². The first-order valence-electron chi connectivity index (χ1n) is 9.13. The Hall–Kier alpha value is -1.85. The first kappa shape index (κ1) is 18.0. The van der Waals surface area contributed by atoms with Crippen LogP contribution in [0.25, 0.3) is 5.57 Å². The molecule has 0 bridgehead atoms. The molecule has 0 radical (unpaired) electrons. The van der Waals surface area contributed by atoms with Gasteiger partial charge in [0.05, 0.1) is 31.0 Å². The van der Waals surface area contributed by atoms with E-state index in [1.807, 2.05) is 30.0 Å². The van der Waals surface area contributed by atoms with Crippen molar-refractivity contribution in [3.8, 4) is 5.75 Å². The Balaban J connectivity index is 1.91. The number of nitrogens with one attached hydrogen (secondary N) is 1. The fourth-order valence-corrected chi connectivity index (χ4v) is 3.85. The summed E-state index contributed by atoms with van der Waals surface area (Å²) in [6, 6.07) is 6.02. The molecule has 3 rings (SSSR count). The molecule has 1 N–H and O–H groups in total. The molecule has 0 spiro atoms. The normalized spacial score (nSPS) is 20.0. The molecule has 136 valence electrons. The number of carbonyl (C=O) groups excluding carboxylic acids is 1. The summed E-state index contributed by atoms with van der Waals surface area (Å²) in [5.74, 6) is 1.01. The monoisotopic (exact) mass is 345 g/mol. The zero-order valence-corrected chi connectivity index (χ0v) is 15.7. The minimum atomic E-state index is -0.340. The highest BCUT2D eigenvalue weighted by atomic mass is 16.5. The number of ether oxygens (including phenoxy) is 2. The highest BCUT2D eigenvalue weighted by Gasteiger charge is 2.37. The van der Waals surface area contributed by atoms with E-state index in [0.29, 0.717) is 13.2 Å². The number of rotatable bonds is 4.